The highest BCUT2D eigenvalue weighted by molar-refractivity contribution is 5.92. The molecule has 0 aromatic rings. The van der Waals surface area contributed by atoms with Crippen molar-refractivity contribution < 1.29 is 15.0 Å². The zero-order chi connectivity index (χ0) is 13.5. The second-order valence-electron chi connectivity index (χ2n) is 7.21. The van der Waals surface area contributed by atoms with Crippen molar-refractivity contribution in [3.63, 3.8) is 0 Å². The van der Waals surface area contributed by atoms with Crippen LogP contribution in [0.4, 0.5) is 0 Å². The van der Waals surface area contributed by atoms with Crippen LogP contribution < -0.4 is 0 Å². The first-order valence-electron chi connectivity index (χ1n) is 6.83. The maximum Gasteiger partial charge on any atom is 0.156 e. The lowest BCUT2D eigenvalue weighted by Gasteiger charge is -2.47. The van der Waals surface area contributed by atoms with Crippen LogP contribution in [0.25, 0.3) is 0 Å². The van der Waals surface area contributed by atoms with Crippen LogP contribution in [0.5, 0.6) is 0 Å². The van der Waals surface area contributed by atoms with E-state index in [1.165, 1.54) is 0 Å². The zero-order valence-corrected chi connectivity index (χ0v) is 11.5. The van der Waals surface area contributed by atoms with Crippen molar-refractivity contribution >= 4 is 5.78 Å². The average molecular weight is 250 g/mol. The maximum absolute atomic E-state index is 11.7. The van der Waals surface area contributed by atoms with Crippen LogP contribution in [-0.4, -0.2) is 28.2 Å². The van der Waals surface area contributed by atoms with E-state index in [0.29, 0.717) is 12.3 Å². The molecule has 0 spiro atoms. The van der Waals surface area contributed by atoms with E-state index in [4.69, 9.17) is 0 Å². The summed E-state index contributed by atoms with van der Waals surface area (Å²) in [6, 6.07) is 0. The predicted octanol–water partition coefficient (Wildman–Crippen LogP) is 1.54. The van der Waals surface area contributed by atoms with Gasteiger partial charge in [-0.1, -0.05) is 27.7 Å². The van der Waals surface area contributed by atoms with Gasteiger partial charge in [0.2, 0.25) is 0 Å². The first-order chi connectivity index (χ1) is 8.22. The number of hydrogen-bond donors (Lipinski definition) is 2. The number of aliphatic hydroxyl groups is 2. The van der Waals surface area contributed by atoms with Crippen molar-refractivity contribution in [2.45, 2.75) is 46.3 Å². The number of ketones is 1. The van der Waals surface area contributed by atoms with Crippen molar-refractivity contribution in [3.05, 3.63) is 11.6 Å². The molecule has 0 heterocycles. The number of carbonyl (C=O) groups is 1. The van der Waals surface area contributed by atoms with Crippen LogP contribution in [-0.2, 0) is 4.79 Å². The third-order valence-electron chi connectivity index (χ3n) is 6.04. The highest BCUT2D eigenvalue weighted by atomic mass is 16.3. The smallest absolute Gasteiger partial charge is 0.156 e. The summed E-state index contributed by atoms with van der Waals surface area (Å²) in [4.78, 5) is 11.7. The third-order valence-corrected chi connectivity index (χ3v) is 6.04. The summed E-state index contributed by atoms with van der Waals surface area (Å²) in [7, 11) is 0. The normalized spacial score (nSPS) is 53.3. The molecule has 0 aromatic carbocycles. The second kappa shape index (κ2) is 3.26. The van der Waals surface area contributed by atoms with Crippen molar-refractivity contribution in [2.24, 2.45) is 28.6 Å². The van der Waals surface area contributed by atoms with E-state index in [0.717, 1.165) is 5.57 Å². The Bertz CT molecular complexity index is 451. The Morgan fingerprint density at radius 2 is 1.89 bits per heavy atom. The Balaban J connectivity index is 2.14. The molecule has 3 aliphatic rings. The first kappa shape index (κ1) is 12.4. The highest BCUT2D eigenvalue weighted by Gasteiger charge is 2.73. The van der Waals surface area contributed by atoms with Crippen LogP contribution in [0.1, 0.15) is 34.1 Å². The van der Waals surface area contributed by atoms with Gasteiger partial charge in [0.15, 0.2) is 5.78 Å². The van der Waals surface area contributed by atoms with E-state index in [2.05, 4.69) is 27.7 Å². The van der Waals surface area contributed by atoms with Crippen molar-refractivity contribution in [2.75, 3.05) is 0 Å². The van der Waals surface area contributed by atoms with E-state index in [1.807, 2.05) is 0 Å². The number of hydrogen-bond acceptors (Lipinski definition) is 3. The summed E-state index contributed by atoms with van der Waals surface area (Å²) in [5, 5.41) is 20.6. The molecule has 18 heavy (non-hydrogen) atoms. The van der Waals surface area contributed by atoms with Gasteiger partial charge in [-0.3, -0.25) is 4.79 Å². The molecule has 0 aromatic heterocycles. The molecular formula is C15H22O3. The molecule has 2 N–H and O–H groups in total. The molecule has 3 heteroatoms. The number of rotatable bonds is 0. The van der Waals surface area contributed by atoms with E-state index in [9.17, 15) is 15.0 Å². The van der Waals surface area contributed by atoms with Gasteiger partial charge in [-0.05, 0) is 40.2 Å². The monoisotopic (exact) mass is 250 g/mol. The molecule has 0 amide bonds. The van der Waals surface area contributed by atoms with Crippen molar-refractivity contribution in [1.82, 2.24) is 0 Å². The lowest BCUT2D eigenvalue weighted by Crippen LogP contribution is -2.48. The van der Waals surface area contributed by atoms with E-state index in [1.54, 1.807) is 6.08 Å². The summed E-state index contributed by atoms with van der Waals surface area (Å²) in [6.45, 7) is 8.59. The maximum atomic E-state index is 11.7. The largest absolute Gasteiger partial charge is 0.390 e. The summed E-state index contributed by atoms with van der Waals surface area (Å²) >= 11 is 0. The van der Waals surface area contributed by atoms with E-state index >= 15 is 0 Å². The summed E-state index contributed by atoms with van der Waals surface area (Å²) in [5.74, 6) is 0.850. The Labute approximate surface area is 108 Å². The molecule has 0 bridgehead atoms. The molecule has 6 atom stereocenters. The second-order valence-corrected chi connectivity index (χ2v) is 7.21. The first-order valence-corrected chi connectivity index (χ1v) is 6.83. The molecule has 3 rings (SSSR count). The van der Waals surface area contributed by atoms with Crippen LogP contribution in [0.15, 0.2) is 11.6 Å². The quantitative estimate of drug-likeness (QED) is 0.685. The SMILES string of the molecule is CC1CC(=O)C=C2C(O)C(O)C3C(C3(C)C)C21C. The van der Waals surface area contributed by atoms with Crippen LogP contribution in [0.2, 0.25) is 0 Å². The molecular weight excluding hydrogens is 228 g/mol. The lowest BCUT2D eigenvalue weighted by atomic mass is 9.58. The number of allylic oxidation sites excluding steroid dienone is 1. The van der Waals surface area contributed by atoms with Crippen molar-refractivity contribution in [1.29, 1.82) is 0 Å². The minimum absolute atomic E-state index is 0.0549. The van der Waals surface area contributed by atoms with Crippen LogP contribution >= 0.6 is 0 Å². The molecule has 0 saturated heterocycles. The molecule has 100 valence electrons. The van der Waals surface area contributed by atoms with Crippen LogP contribution in [0, 0.1) is 28.6 Å². The number of aliphatic hydroxyl groups excluding tert-OH is 2. The molecule has 2 saturated carbocycles. The fourth-order valence-electron chi connectivity index (χ4n) is 4.92. The molecule has 2 fully saturated rings. The topological polar surface area (TPSA) is 57.5 Å². The fourth-order valence-corrected chi connectivity index (χ4v) is 4.92. The van der Waals surface area contributed by atoms with Gasteiger partial charge in [0.25, 0.3) is 0 Å². The minimum Gasteiger partial charge on any atom is -0.390 e. The number of fused-ring (bicyclic) bond motifs is 3. The Morgan fingerprint density at radius 3 is 2.50 bits per heavy atom. The molecule has 3 nitrogen and oxygen atoms in total. The van der Waals surface area contributed by atoms with Gasteiger partial charge in [0.05, 0.1) is 6.10 Å². The highest BCUT2D eigenvalue weighted by Crippen LogP contribution is 2.74. The summed E-state index contributed by atoms with van der Waals surface area (Å²) in [6.07, 6.45) is 0.563. The zero-order valence-electron chi connectivity index (χ0n) is 11.5. The Morgan fingerprint density at radius 1 is 1.28 bits per heavy atom. The van der Waals surface area contributed by atoms with Gasteiger partial charge in [-0.25, -0.2) is 0 Å². The van der Waals surface area contributed by atoms with Crippen LogP contribution in [0.3, 0.4) is 0 Å². The third kappa shape index (κ3) is 1.19. The van der Waals surface area contributed by atoms with Gasteiger partial charge in [0.1, 0.15) is 6.10 Å². The lowest BCUT2D eigenvalue weighted by molar-refractivity contribution is -0.118. The molecule has 0 aliphatic heterocycles. The van der Waals surface area contributed by atoms with E-state index < -0.39 is 12.2 Å². The molecule has 6 unspecified atom stereocenters. The van der Waals surface area contributed by atoms with Gasteiger partial charge in [-0.2, -0.15) is 0 Å². The standard InChI is InChI=1S/C15H22O3/c1-7-5-8(16)6-9-11(17)12(18)10-13(14(10,2)3)15(7,9)4/h6-7,10-13,17-18H,5H2,1-4H3. The van der Waals surface area contributed by atoms with Gasteiger partial charge in [-0.15, -0.1) is 0 Å². The molecule has 0 radical (unpaired) electrons. The van der Waals surface area contributed by atoms with Gasteiger partial charge >= 0.3 is 0 Å². The van der Waals surface area contributed by atoms with Crippen molar-refractivity contribution in [3.8, 4) is 0 Å². The van der Waals surface area contributed by atoms with E-state index in [-0.39, 0.29) is 28.4 Å². The molecule has 3 aliphatic carbocycles. The van der Waals surface area contributed by atoms with Gasteiger partial charge < -0.3 is 10.2 Å². The Kier molecular flexibility index (Phi) is 2.24. The Hall–Kier alpha value is -0.670. The summed E-state index contributed by atoms with van der Waals surface area (Å²) < 4.78 is 0. The average Bonchev–Trinajstić information content (AvgIpc) is 2.84. The minimum atomic E-state index is -0.871. The fraction of sp³-hybridized carbons (Fsp3) is 0.800. The number of carbonyl (C=O) groups excluding carboxylic acids is 1. The summed E-state index contributed by atoms with van der Waals surface area (Å²) in [5.41, 5.74) is 0.686. The predicted molar refractivity (Wildman–Crippen MR) is 67.8 cm³/mol. The van der Waals surface area contributed by atoms with Gasteiger partial charge in [0, 0.05) is 6.42 Å².